The number of benzene rings is 2. The second kappa shape index (κ2) is 8.47. The summed E-state index contributed by atoms with van der Waals surface area (Å²) in [7, 11) is 0. The molecule has 1 aliphatic heterocycles. The topological polar surface area (TPSA) is 89.8 Å². The van der Waals surface area contributed by atoms with Crippen LogP contribution in [0.15, 0.2) is 54.6 Å². The zero-order valence-corrected chi connectivity index (χ0v) is 15.5. The van der Waals surface area contributed by atoms with Gasteiger partial charge in [0.2, 0.25) is 0 Å². The average molecular weight is 380 g/mol. The Morgan fingerprint density at radius 2 is 1.93 bits per heavy atom. The normalized spacial score (nSPS) is 13.6. The van der Waals surface area contributed by atoms with Crippen molar-refractivity contribution in [2.75, 3.05) is 19.7 Å². The van der Waals surface area contributed by atoms with Crippen molar-refractivity contribution in [2.24, 2.45) is 0 Å². The van der Waals surface area contributed by atoms with Crippen molar-refractivity contribution in [3.05, 3.63) is 81.4 Å². The van der Waals surface area contributed by atoms with Crippen molar-refractivity contribution < 1.29 is 19.2 Å². The van der Waals surface area contributed by atoms with E-state index in [0.29, 0.717) is 18.7 Å². The molecule has 28 heavy (non-hydrogen) atoms. The third kappa shape index (κ3) is 4.43. The lowest BCUT2D eigenvalue weighted by Gasteiger charge is -2.26. The molecule has 1 aliphatic rings. The average Bonchev–Trinajstić information content (AvgIpc) is 2.72. The van der Waals surface area contributed by atoms with Gasteiger partial charge in [0.25, 0.3) is 11.6 Å². The molecule has 1 heterocycles. The molecule has 2 aromatic carbocycles. The van der Waals surface area contributed by atoms with Crippen LogP contribution in [0.2, 0.25) is 0 Å². The first-order valence-corrected chi connectivity index (χ1v) is 8.90. The fraction of sp³-hybridized carbons (Fsp3) is 0.238. The van der Waals surface area contributed by atoms with Crippen LogP contribution in [0, 0.1) is 17.0 Å². The van der Waals surface area contributed by atoms with Crippen LogP contribution in [-0.2, 0) is 9.53 Å². The van der Waals surface area contributed by atoms with Crippen LogP contribution in [0.4, 0.5) is 5.69 Å². The van der Waals surface area contributed by atoms with Crippen LogP contribution in [0.25, 0.3) is 5.57 Å². The van der Waals surface area contributed by atoms with Crippen LogP contribution in [-0.4, -0.2) is 41.4 Å². The number of aryl methyl sites for hydroxylation is 1. The van der Waals surface area contributed by atoms with E-state index in [4.69, 9.17) is 4.74 Å². The predicted molar refractivity (Wildman–Crippen MR) is 104 cm³/mol. The van der Waals surface area contributed by atoms with Gasteiger partial charge in [0, 0.05) is 24.7 Å². The highest BCUT2D eigenvalue weighted by Gasteiger charge is 2.21. The standard InChI is InChI=1S/C21H20N2O5/c1-15-7-8-18(13-19(15)23(26)27)21(25)28-14-20(24)22-11-9-17(10-12-22)16-5-3-2-4-6-16/h2-9,13H,10-12,14H2,1H3. The summed E-state index contributed by atoms with van der Waals surface area (Å²) in [4.78, 5) is 36.5. The number of nitrogens with zero attached hydrogens (tertiary/aromatic N) is 2. The highest BCUT2D eigenvalue weighted by atomic mass is 16.6. The molecule has 0 atom stereocenters. The summed E-state index contributed by atoms with van der Waals surface area (Å²) in [6, 6.07) is 14.1. The van der Waals surface area contributed by atoms with Gasteiger partial charge in [-0.3, -0.25) is 14.9 Å². The highest BCUT2D eigenvalue weighted by Crippen LogP contribution is 2.22. The second-order valence-corrected chi connectivity index (χ2v) is 6.52. The number of rotatable bonds is 5. The molecular weight excluding hydrogens is 360 g/mol. The van der Waals surface area contributed by atoms with E-state index in [-0.39, 0.29) is 17.2 Å². The van der Waals surface area contributed by atoms with Crippen molar-refractivity contribution in [2.45, 2.75) is 13.3 Å². The van der Waals surface area contributed by atoms with E-state index in [1.165, 1.54) is 17.7 Å². The Kier molecular flexibility index (Phi) is 5.84. The summed E-state index contributed by atoms with van der Waals surface area (Å²) in [6.45, 7) is 2.20. The van der Waals surface area contributed by atoms with E-state index >= 15 is 0 Å². The Morgan fingerprint density at radius 3 is 2.57 bits per heavy atom. The lowest BCUT2D eigenvalue weighted by molar-refractivity contribution is -0.385. The number of carbonyl (C=O) groups is 2. The van der Waals surface area contributed by atoms with Gasteiger partial charge in [0.05, 0.1) is 10.5 Å². The van der Waals surface area contributed by atoms with Crippen molar-refractivity contribution in [3.63, 3.8) is 0 Å². The molecule has 7 nitrogen and oxygen atoms in total. The quantitative estimate of drug-likeness (QED) is 0.451. The van der Waals surface area contributed by atoms with E-state index in [2.05, 4.69) is 0 Å². The Labute approximate surface area is 162 Å². The largest absolute Gasteiger partial charge is 0.452 e. The van der Waals surface area contributed by atoms with Gasteiger partial charge in [-0.15, -0.1) is 0 Å². The molecule has 0 aliphatic carbocycles. The molecule has 0 aromatic heterocycles. The van der Waals surface area contributed by atoms with Gasteiger partial charge in [-0.25, -0.2) is 4.79 Å². The van der Waals surface area contributed by atoms with Gasteiger partial charge >= 0.3 is 5.97 Å². The zero-order valence-electron chi connectivity index (χ0n) is 15.5. The summed E-state index contributed by atoms with van der Waals surface area (Å²) in [6.07, 6.45) is 2.73. The van der Waals surface area contributed by atoms with Crippen LogP contribution in [0.5, 0.6) is 0 Å². The smallest absolute Gasteiger partial charge is 0.338 e. The summed E-state index contributed by atoms with van der Waals surface area (Å²) < 4.78 is 5.06. The molecule has 0 unspecified atom stereocenters. The van der Waals surface area contributed by atoms with Crippen molar-refractivity contribution in [1.29, 1.82) is 0 Å². The summed E-state index contributed by atoms with van der Waals surface area (Å²) in [5.74, 6) is -1.05. The van der Waals surface area contributed by atoms with E-state index in [1.54, 1.807) is 11.8 Å². The maximum atomic E-state index is 12.3. The number of hydrogen-bond donors (Lipinski definition) is 0. The number of carbonyl (C=O) groups excluding carboxylic acids is 2. The highest BCUT2D eigenvalue weighted by molar-refractivity contribution is 5.92. The number of esters is 1. The van der Waals surface area contributed by atoms with Crippen LogP contribution in [0.1, 0.15) is 27.9 Å². The monoisotopic (exact) mass is 380 g/mol. The van der Waals surface area contributed by atoms with Gasteiger partial charge in [-0.05, 0) is 30.5 Å². The van der Waals surface area contributed by atoms with Gasteiger partial charge in [-0.2, -0.15) is 0 Å². The third-order valence-electron chi connectivity index (χ3n) is 4.67. The number of hydrogen-bond acceptors (Lipinski definition) is 5. The molecule has 0 spiro atoms. The first-order valence-electron chi connectivity index (χ1n) is 8.90. The number of nitro benzene ring substituents is 1. The second-order valence-electron chi connectivity index (χ2n) is 6.52. The first kappa shape index (κ1) is 19.3. The van der Waals surface area contributed by atoms with Crippen LogP contribution in [0.3, 0.4) is 0 Å². The molecule has 1 amide bonds. The maximum Gasteiger partial charge on any atom is 0.338 e. The SMILES string of the molecule is Cc1ccc(C(=O)OCC(=O)N2CC=C(c3ccccc3)CC2)cc1[N+](=O)[O-]. The lowest BCUT2D eigenvalue weighted by atomic mass is 10.00. The number of ether oxygens (including phenoxy) is 1. The minimum absolute atomic E-state index is 0.0509. The molecular formula is C21H20N2O5. The molecule has 0 fully saturated rings. The molecule has 3 rings (SSSR count). The lowest BCUT2D eigenvalue weighted by Crippen LogP contribution is -2.37. The Hall–Kier alpha value is -3.48. The van der Waals surface area contributed by atoms with Crippen LogP contribution < -0.4 is 0 Å². The first-order chi connectivity index (χ1) is 13.5. The van der Waals surface area contributed by atoms with E-state index < -0.39 is 17.5 Å². The minimum Gasteiger partial charge on any atom is -0.452 e. The van der Waals surface area contributed by atoms with Gasteiger partial charge in [-0.1, -0.05) is 42.5 Å². The van der Waals surface area contributed by atoms with Crippen molar-refractivity contribution in [3.8, 4) is 0 Å². The fourth-order valence-corrected chi connectivity index (χ4v) is 3.05. The fourth-order valence-electron chi connectivity index (χ4n) is 3.05. The summed E-state index contributed by atoms with van der Waals surface area (Å²) >= 11 is 0. The molecule has 7 heteroatoms. The van der Waals surface area contributed by atoms with E-state index in [9.17, 15) is 19.7 Å². The van der Waals surface area contributed by atoms with Gasteiger partial charge < -0.3 is 9.64 Å². The van der Waals surface area contributed by atoms with Gasteiger partial charge in [0.1, 0.15) is 0 Å². The molecule has 0 radical (unpaired) electrons. The van der Waals surface area contributed by atoms with Gasteiger partial charge in [0.15, 0.2) is 6.61 Å². The maximum absolute atomic E-state index is 12.3. The minimum atomic E-state index is -0.756. The molecule has 0 saturated heterocycles. The summed E-state index contributed by atoms with van der Waals surface area (Å²) in [5, 5.41) is 11.0. The molecule has 0 saturated carbocycles. The molecule has 0 bridgehead atoms. The molecule has 144 valence electrons. The zero-order chi connectivity index (χ0) is 20.1. The Bertz CT molecular complexity index is 937. The number of nitro groups is 1. The number of amides is 1. The molecule has 2 aromatic rings. The summed E-state index contributed by atoms with van der Waals surface area (Å²) in [5.41, 5.74) is 2.67. The molecule has 0 N–H and O–H groups in total. The predicted octanol–water partition coefficient (Wildman–Crippen LogP) is 3.38. The van der Waals surface area contributed by atoms with Crippen molar-refractivity contribution >= 4 is 23.1 Å². The Balaban J connectivity index is 1.56. The van der Waals surface area contributed by atoms with Crippen LogP contribution >= 0.6 is 0 Å². The third-order valence-corrected chi connectivity index (χ3v) is 4.67. The Morgan fingerprint density at radius 1 is 1.18 bits per heavy atom. The van der Waals surface area contributed by atoms with Crippen molar-refractivity contribution in [1.82, 2.24) is 4.90 Å². The van der Waals surface area contributed by atoms with E-state index in [0.717, 1.165) is 18.1 Å². The van der Waals surface area contributed by atoms with E-state index in [1.807, 2.05) is 36.4 Å².